The van der Waals surface area contributed by atoms with Gasteiger partial charge in [0, 0.05) is 42.9 Å². The maximum atomic E-state index is 14.8. The van der Waals surface area contributed by atoms with Gasteiger partial charge in [-0.2, -0.15) is 0 Å². The maximum absolute atomic E-state index is 14.8. The Labute approximate surface area is 186 Å². The zero-order valence-corrected chi connectivity index (χ0v) is 18.1. The van der Waals surface area contributed by atoms with Crippen LogP contribution in [0.3, 0.4) is 0 Å². The molecular formula is C25H25FN2O4. The third-order valence-electron chi connectivity index (χ3n) is 5.96. The summed E-state index contributed by atoms with van der Waals surface area (Å²) in [5.41, 5.74) is 4.55. The van der Waals surface area contributed by atoms with Crippen molar-refractivity contribution in [1.29, 1.82) is 0 Å². The van der Waals surface area contributed by atoms with Gasteiger partial charge in [-0.15, -0.1) is 0 Å². The molecule has 0 aromatic heterocycles. The van der Waals surface area contributed by atoms with E-state index in [-0.39, 0.29) is 11.5 Å². The molecule has 1 heterocycles. The molecule has 0 amide bonds. The first-order valence-electron chi connectivity index (χ1n) is 10.5. The quantitative estimate of drug-likeness (QED) is 0.384. The Hall–Kier alpha value is -3.45. The van der Waals surface area contributed by atoms with E-state index in [1.807, 2.05) is 12.1 Å². The second-order valence-corrected chi connectivity index (χ2v) is 7.80. The molecule has 4 rings (SSSR count). The lowest BCUT2D eigenvalue weighted by Gasteiger charge is -2.32. The first-order valence-corrected chi connectivity index (χ1v) is 10.5. The summed E-state index contributed by atoms with van der Waals surface area (Å²) in [5, 5.41) is 10.9. The van der Waals surface area contributed by atoms with E-state index in [4.69, 9.17) is 9.47 Å². The van der Waals surface area contributed by atoms with Crippen LogP contribution >= 0.6 is 0 Å². The first kappa shape index (κ1) is 21.8. The van der Waals surface area contributed by atoms with Crippen molar-refractivity contribution in [2.24, 2.45) is 0 Å². The fraction of sp³-hybridized carbons (Fsp3) is 0.280. The molecule has 0 saturated heterocycles. The van der Waals surface area contributed by atoms with Gasteiger partial charge in [0.25, 0.3) is 5.69 Å². The van der Waals surface area contributed by atoms with Gasteiger partial charge in [0.05, 0.1) is 19.1 Å². The lowest BCUT2D eigenvalue weighted by atomic mass is 9.89. The van der Waals surface area contributed by atoms with Crippen LogP contribution in [-0.2, 0) is 19.4 Å². The van der Waals surface area contributed by atoms with E-state index in [0.29, 0.717) is 23.6 Å². The largest absolute Gasteiger partial charge is 0.493 e. The van der Waals surface area contributed by atoms with E-state index < -0.39 is 4.92 Å². The van der Waals surface area contributed by atoms with E-state index in [2.05, 4.69) is 4.90 Å². The zero-order valence-electron chi connectivity index (χ0n) is 18.1. The van der Waals surface area contributed by atoms with Crippen molar-refractivity contribution in [3.63, 3.8) is 0 Å². The number of hydrogen-bond acceptors (Lipinski definition) is 5. The molecule has 1 aliphatic rings. The maximum Gasteiger partial charge on any atom is 0.269 e. The Balaban J connectivity index is 1.63. The summed E-state index contributed by atoms with van der Waals surface area (Å²) in [6.07, 6.45) is 1.59. The number of benzene rings is 3. The average Bonchev–Trinajstić information content (AvgIpc) is 2.82. The van der Waals surface area contributed by atoms with Crippen molar-refractivity contribution < 1.29 is 18.8 Å². The summed E-state index contributed by atoms with van der Waals surface area (Å²) in [6, 6.07) is 15.4. The van der Waals surface area contributed by atoms with Crippen LogP contribution in [0.15, 0.2) is 54.6 Å². The Kier molecular flexibility index (Phi) is 6.37. The van der Waals surface area contributed by atoms with E-state index >= 15 is 0 Å². The van der Waals surface area contributed by atoms with Crippen LogP contribution in [0.5, 0.6) is 11.5 Å². The molecule has 0 bridgehead atoms. The molecule has 0 N–H and O–H groups in total. The Bertz CT molecular complexity index is 1130. The van der Waals surface area contributed by atoms with E-state index in [1.54, 1.807) is 38.5 Å². The van der Waals surface area contributed by atoms with Crippen LogP contribution in [-0.4, -0.2) is 37.1 Å². The molecule has 7 heteroatoms. The highest BCUT2D eigenvalue weighted by Crippen LogP contribution is 2.45. The van der Waals surface area contributed by atoms with Crippen LogP contribution in [0.2, 0.25) is 0 Å². The van der Waals surface area contributed by atoms with Gasteiger partial charge >= 0.3 is 0 Å². The number of nitro groups is 1. The SMILES string of the molecule is COc1cc2c(c(-c3ccccc3F)c1OC)CN(CCc1ccc([N+](=O)[O-])cc1)CC2. The van der Waals surface area contributed by atoms with Gasteiger partial charge in [-0.3, -0.25) is 15.0 Å². The molecule has 3 aromatic carbocycles. The number of fused-ring (bicyclic) bond motifs is 1. The minimum Gasteiger partial charge on any atom is -0.493 e. The predicted molar refractivity (Wildman–Crippen MR) is 121 cm³/mol. The highest BCUT2D eigenvalue weighted by molar-refractivity contribution is 5.79. The average molecular weight is 436 g/mol. The third kappa shape index (κ3) is 4.29. The van der Waals surface area contributed by atoms with Gasteiger partial charge in [-0.1, -0.05) is 30.3 Å². The number of halogens is 1. The van der Waals surface area contributed by atoms with Crippen molar-refractivity contribution in [2.45, 2.75) is 19.4 Å². The van der Waals surface area contributed by atoms with Crippen LogP contribution in [0.1, 0.15) is 16.7 Å². The molecule has 0 atom stereocenters. The monoisotopic (exact) mass is 436 g/mol. The van der Waals surface area contributed by atoms with Crippen molar-refractivity contribution >= 4 is 5.69 Å². The van der Waals surface area contributed by atoms with Gasteiger partial charge in [-0.05, 0) is 41.7 Å². The Morgan fingerprint density at radius 3 is 2.50 bits per heavy atom. The molecule has 0 spiro atoms. The van der Waals surface area contributed by atoms with Gasteiger partial charge in [0.1, 0.15) is 5.82 Å². The minimum absolute atomic E-state index is 0.0937. The Morgan fingerprint density at radius 1 is 1.09 bits per heavy atom. The number of rotatable bonds is 7. The molecule has 0 radical (unpaired) electrons. The summed E-state index contributed by atoms with van der Waals surface area (Å²) in [7, 11) is 3.17. The van der Waals surface area contributed by atoms with Crippen LogP contribution in [0.25, 0.3) is 11.1 Å². The van der Waals surface area contributed by atoms with E-state index in [9.17, 15) is 14.5 Å². The Morgan fingerprint density at radius 2 is 1.84 bits per heavy atom. The zero-order chi connectivity index (χ0) is 22.7. The van der Waals surface area contributed by atoms with Crippen molar-refractivity contribution in [3.05, 3.63) is 87.2 Å². The molecule has 0 saturated carbocycles. The number of nitrogens with zero attached hydrogens (tertiary/aromatic N) is 2. The number of nitro benzene ring substituents is 1. The fourth-order valence-electron chi connectivity index (χ4n) is 4.28. The molecular weight excluding hydrogens is 411 g/mol. The van der Waals surface area contributed by atoms with Crippen molar-refractivity contribution in [1.82, 2.24) is 4.90 Å². The molecule has 1 aliphatic heterocycles. The number of hydrogen-bond donors (Lipinski definition) is 0. The molecule has 0 aliphatic carbocycles. The topological polar surface area (TPSA) is 64.8 Å². The highest BCUT2D eigenvalue weighted by Gasteiger charge is 2.27. The van der Waals surface area contributed by atoms with E-state index in [1.165, 1.54) is 18.2 Å². The van der Waals surface area contributed by atoms with Crippen LogP contribution < -0.4 is 9.47 Å². The minimum atomic E-state index is -0.392. The molecule has 3 aromatic rings. The normalized spacial score (nSPS) is 13.5. The number of ether oxygens (including phenoxy) is 2. The number of non-ortho nitro benzene ring substituents is 1. The lowest BCUT2D eigenvalue weighted by molar-refractivity contribution is -0.384. The summed E-state index contributed by atoms with van der Waals surface area (Å²) < 4.78 is 26.0. The first-order chi connectivity index (χ1) is 15.5. The second kappa shape index (κ2) is 9.36. The van der Waals surface area contributed by atoms with Crippen molar-refractivity contribution in [3.8, 4) is 22.6 Å². The van der Waals surface area contributed by atoms with E-state index in [0.717, 1.165) is 48.2 Å². The summed E-state index contributed by atoms with van der Waals surface area (Å²) in [5.74, 6) is 0.835. The number of methoxy groups -OCH3 is 2. The summed E-state index contributed by atoms with van der Waals surface area (Å²) in [6.45, 7) is 2.32. The molecule has 6 nitrogen and oxygen atoms in total. The van der Waals surface area contributed by atoms with Gasteiger partial charge in [-0.25, -0.2) is 4.39 Å². The smallest absolute Gasteiger partial charge is 0.269 e. The van der Waals surface area contributed by atoms with Gasteiger partial charge < -0.3 is 9.47 Å². The summed E-state index contributed by atoms with van der Waals surface area (Å²) in [4.78, 5) is 12.8. The molecule has 0 unspecified atom stereocenters. The fourth-order valence-corrected chi connectivity index (χ4v) is 4.28. The lowest BCUT2D eigenvalue weighted by Crippen LogP contribution is -2.32. The van der Waals surface area contributed by atoms with Crippen LogP contribution in [0.4, 0.5) is 10.1 Å². The predicted octanol–water partition coefficient (Wildman–Crippen LogP) is 5.02. The van der Waals surface area contributed by atoms with Gasteiger partial charge in [0.15, 0.2) is 11.5 Å². The molecule has 32 heavy (non-hydrogen) atoms. The van der Waals surface area contributed by atoms with Crippen molar-refractivity contribution in [2.75, 3.05) is 27.3 Å². The van der Waals surface area contributed by atoms with Gasteiger partial charge in [0.2, 0.25) is 0 Å². The van der Waals surface area contributed by atoms with Crippen LogP contribution in [0, 0.1) is 15.9 Å². The molecule has 166 valence electrons. The highest BCUT2D eigenvalue weighted by atomic mass is 19.1. The standard InChI is InChI=1S/C25H25FN2O4/c1-31-23-15-18-12-14-27(13-11-17-7-9-19(10-8-17)28(29)30)16-21(18)24(25(23)32-2)20-5-3-4-6-22(20)26/h3-10,15H,11-14,16H2,1-2H3. The summed E-state index contributed by atoms with van der Waals surface area (Å²) >= 11 is 0. The molecule has 0 fully saturated rings. The second-order valence-electron chi connectivity index (χ2n) is 7.80. The third-order valence-corrected chi connectivity index (χ3v) is 5.96.